The number of para-hydroxylation sites is 1. The van der Waals surface area contributed by atoms with Gasteiger partial charge >= 0.3 is 0 Å². The van der Waals surface area contributed by atoms with Gasteiger partial charge in [0.1, 0.15) is 4.88 Å². The zero-order valence-corrected chi connectivity index (χ0v) is 15.4. The van der Waals surface area contributed by atoms with E-state index in [1.165, 1.54) is 16.2 Å². The summed E-state index contributed by atoms with van der Waals surface area (Å²) in [5.41, 5.74) is 3.68. The highest BCUT2D eigenvalue weighted by molar-refractivity contribution is 7.98. The largest absolute Gasteiger partial charge is 0.321 e. The van der Waals surface area contributed by atoms with Gasteiger partial charge in [-0.25, -0.2) is 4.98 Å². The summed E-state index contributed by atoms with van der Waals surface area (Å²) in [6.07, 6.45) is 2.06. The lowest BCUT2D eigenvalue weighted by molar-refractivity contribution is 0.103. The standard InChI is InChI=1S/C19H18N2OS2/c1-12-18(24-13(2)20-12)19(22)21-17-7-5-4-6-16(17)14-8-10-15(23-3)11-9-14/h4-11H,1-3H3,(H,21,22). The number of aromatic nitrogens is 1. The molecule has 0 spiro atoms. The Morgan fingerprint density at radius 2 is 1.79 bits per heavy atom. The lowest BCUT2D eigenvalue weighted by Gasteiger charge is -2.11. The molecule has 3 nitrogen and oxygen atoms in total. The van der Waals surface area contributed by atoms with Crippen LogP contribution in [0.25, 0.3) is 11.1 Å². The second kappa shape index (κ2) is 7.20. The molecule has 1 N–H and O–H groups in total. The second-order valence-electron chi connectivity index (χ2n) is 5.38. The van der Waals surface area contributed by atoms with E-state index in [0.717, 1.165) is 27.5 Å². The smallest absolute Gasteiger partial charge is 0.267 e. The number of benzene rings is 2. The predicted octanol–water partition coefficient (Wildman–Crippen LogP) is 5.40. The number of anilines is 1. The first-order chi connectivity index (χ1) is 11.6. The Morgan fingerprint density at radius 1 is 1.08 bits per heavy atom. The van der Waals surface area contributed by atoms with Crippen LogP contribution < -0.4 is 5.32 Å². The maximum Gasteiger partial charge on any atom is 0.267 e. The van der Waals surface area contributed by atoms with Gasteiger partial charge < -0.3 is 5.32 Å². The minimum absolute atomic E-state index is 0.105. The molecule has 1 aromatic heterocycles. The van der Waals surface area contributed by atoms with E-state index in [4.69, 9.17) is 0 Å². The van der Waals surface area contributed by atoms with Crippen LogP contribution in [0.4, 0.5) is 5.69 Å². The van der Waals surface area contributed by atoms with Gasteiger partial charge in [-0.15, -0.1) is 23.1 Å². The van der Waals surface area contributed by atoms with Gasteiger partial charge in [0.05, 0.1) is 10.7 Å². The normalized spacial score (nSPS) is 10.6. The van der Waals surface area contributed by atoms with Gasteiger partial charge in [0.25, 0.3) is 5.91 Å². The van der Waals surface area contributed by atoms with Crippen LogP contribution in [-0.4, -0.2) is 17.1 Å². The molecule has 0 bridgehead atoms. The van der Waals surface area contributed by atoms with Crippen molar-refractivity contribution in [3.63, 3.8) is 0 Å². The summed E-state index contributed by atoms with van der Waals surface area (Å²) in [7, 11) is 0. The average Bonchev–Trinajstić information content (AvgIpc) is 2.94. The van der Waals surface area contributed by atoms with E-state index in [1.54, 1.807) is 11.8 Å². The number of carbonyl (C=O) groups excluding carboxylic acids is 1. The van der Waals surface area contributed by atoms with E-state index >= 15 is 0 Å². The van der Waals surface area contributed by atoms with Crippen molar-refractivity contribution in [2.24, 2.45) is 0 Å². The molecule has 0 aliphatic rings. The van der Waals surface area contributed by atoms with Crippen molar-refractivity contribution in [2.75, 3.05) is 11.6 Å². The number of thiazole rings is 1. The lowest BCUT2D eigenvalue weighted by atomic mass is 10.0. The highest BCUT2D eigenvalue weighted by atomic mass is 32.2. The van der Waals surface area contributed by atoms with Crippen molar-refractivity contribution < 1.29 is 4.79 Å². The Labute approximate surface area is 150 Å². The monoisotopic (exact) mass is 354 g/mol. The van der Waals surface area contributed by atoms with Gasteiger partial charge in [-0.3, -0.25) is 4.79 Å². The van der Waals surface area contributed by atoms with Crippen molar-refractivity contribution in [2.45, 2.75) is 18.7 Å². The molecular formula is C19H18N2OS2. The van der Waals surface area contributed by atoms with Gasteiger partial charge in [0.2, 0.25) is 0 Å². The summed E-state index contributed by atoms with van der Waals surface area (Å²) >= 11 is 3.14. The summed E-state index contributed by atoms with van der Waals surface area (Å²) in [6, 6.07) is 16.2. The summed E-state index contributed by atoms with van der Waals surface area (Å²) in [5.74, 6) is -0.105. The van der Waals surface area contributed by atoms with E-state index in [9.17, 15) is 4.79 Å². The number of rotatable bonds is 4. The highest BCUT2D eigenvalue weighted by Crippen LogP contribution is 2.30. The topological polar surface area (TPSA) is 42.0 Å². The van der Waals surface area contributed by atoms with E-state index < -0.39 is 0 Å². The Bertz CT molecular complexity index is 869. The van der Waals surface area contributed by atoms with Gasteiger partial charge in [-0.1, -0.05) is 30.3 Å². The Kier molecular flexibility index (Phi) is 5.02. The predicted molar refractivity (Wildman–Crippen MR) is 103 cm³/mol. The van der Waals surface area contributed by atoms with Gasteiger partial charge in [-0.05, 0) is 43.9 Å². The summed E-state index contributed by atoms with van der Waals surface area (Å²) < 4.78 is 0. The number of carbonyl (C=O) groups is 1. The lowest BCUT2D eigenvalue weighted by Crippen LogP contribution is -2.12. The SMILES string of the molecule is CSc1ccc(-c2ccccc2NC(=O)c2sc(C)nc2C)cc1. The molecule has 0 aliphatic carbocycles. The molecule has 24 heavy (non-hydrogen) atoms. The molecule has 3 aromatic rings. The molecule has 3 rings (SSSR count). The quantitative estimate of drug-likeness (QED) is 0.638. The number of aryl methyl sites for hydroxylation is 2. The van der Waals surface area contributed by atoms with Gasteiger partial charge in [-0.2, -0.15) is 0 Å². The summed E-state index contributed by atoms with van der Waals surface area (Å²) in [4.78, 5) is 18.8. The van der Waals surface area contributed by atoms with Gasteiger partial charge in [0.15, 0.2) is 0 Å². The number of thioether (sulfide) groups is 1. The molecule has 1 heterocycles. The fourth-order valence-electron chi connectivity index (χ4n) is 2.54. The third-order valence-electron chi connectivity index (χ3n) is 3.69. The molecule has 0 saturated heterocycles. The molecule has 0 saturated carbocycles. The van der Waals surface area contributed by atoms with Crippen LogP contribution in [0.2, 0.25) is 0 Å². The summed E-state index contributed by atoms with van der Waals surface area (Å²) in [5, 5.41) is 3.94. The number of nitrogens with zero attached hydrogens (tertiary/aromatic N) is 1. The first-order valence-corrected chi connectivity index (χ1v) is 9.61. The zero-order chi connectivity index (χ0) is 17.1. The first kappa shape index (κ1) is 16.7. The molecule has 2 aromatic carbocycles. The molecule has 0 aliphatic heterocycles. The zero-order valence-electron chi connectivity index (χ0n) is 13.8. The minimum atomic E-state index is -0.105. The van der Waals surface area contributed by atoms with Crippen LogP contribution in [0.5, 0.6) is 0 Å². The fourth-order valence-corrected chi connectivity index (χ4v) is 3.76. The maximum absolute atomic E-state index is 12.6. The van der Waals surface area contributed by atoms with Crippen molar-refractivity contribution in [3.8, 4) is 11.1 Å². The van der Waals surface area contributed by atoms with Crippen LogP contribution in [0.3, 0.4) is 0 Å². The molecule has 0 atom stereocenters. The number of hydrogen-bond donors (Lipinski definition) is 1. The molecule has 5 heteroatoms. The third-order valence-corrected chi connectivity index (χ3v) is 5.50. The van der Waals surface area contributed by atoms with Gasteiger partial charge in [0, 0.05) is 16.1 Å². The van der Waals surface area contributed by atoms with Crippen LogP contribution >= 0.6 is 23.1 Å². The van der Waals surface area contributed by atoms with Crippen LogP contribution in [0.15, 0.2) is 53.4 Å². The van der Waals surface area contributed by atoms with E-state index in [0.29, 0.717) is 4.88 Å². The summed E-state index contributed by atoms with van der Waals surface area (Å²) in [6.45, 7) is 3.78. The van der Waals surface area contributed by atoms with E-state index in [-0.39, 0.29) is 5.91 Å². The molecule has 1 amide bonds. The van der Waals surface area contributed by atoms with Crippen molar-refractivity contribution >= 4 is 34.7 Å². The second-order valence-corrected chi connectivity index (χ2v) is 7.46. The molecule has 0 unspecified atom stereocenters. The third kappa shape index (κ3) is 3.52. The first-order valence-electron chi connectivity index (χ1n) is 7.57. The van der Waals surface area contributed by atoms with Crippen molar-refractivity contribution in [3.05, 3.63) is 64.1 Å². The maximum atomic E-state index is 12.6. The number of amides is 1. The Morgan fingerprint density at radius 3 is 2.42 bits per heavy atom. The van der Waals surface area contributed by atoms with Crippen molar-refractivity contribution in [1.29, 1.82) is 0 Å². The van der Waals surface area contributed by atoms with Crippen LogP contribution in [0, 0.1) is 13.8 Å². The van der Waals surface area contributed by atoms with E-state index in [2.05, 4.69) is 40.8 Å². The number of nitrogens with one attached hydrogen (secondary N) is 1. The number of hydrogen-bond acceptors (Lipinski definition) is 4. The van der Waals surface area contributed by atoms with Crippen LogP contribution in [-0.2, 0) is 0 Å². The highest BCUT2D eigenvalue weighted by Gasteiger charge is 2.15. The molecule has 122 valence electrons. The van der Waals surface area contributed by atoms with E-state index in [1.807, 2.05) is 38.1 Å². The Balaban J connectivity index is 1.91. The average molecular weight is 355 g/mol. The van der Waals surface area contributed by atoms with Crippen LogP contribution in [0.1, 0.15) is 20.4 Å². The molecule has 0 radical (unpaired) electrons. The van der Waals surface area contributed by atoms with Crippen molar-refractivity contribution in [1.82, 2.24) is 4.98 Å². The molecular weight excluding hydrogens is 336 g/mol. The Hall–Kier alpha value is -2.11. The molecule has 0 fully saturated rings. The minimum Gasteiger partial charge on any atom is -0.321 e. The fraction of sp³-hybridized carbons (Fsp3) is 0.158.